The zero-order valence-electron chi connectivity index (χ0n) is 9.96. The van der Waals surface area contributed by atoms with E-state index in [0.717, 1.165) is 0 Å². The van der Waals surface area contributed by atoms with E-state index in [4.69, 9.17) is 10.5 Å². The average Bonchev–Trinajstić information content (AvgIpc) is 2.38. The molecule has 19 heavy (non-hydrogen) atoms. The fraction of sp³-hybridized carbons (Fsp3) is 0.273. The molecule has 100 valence electrons. The summed E-state index contributed by atoms with van der Waals surface area (Å²) in [7, 11) is 0. The number of nitrogens with one attached hydrogen (secondary N) is 1. The smallest absolute Gasteiger partial charge is 0.311 e. The zero-order chi connectivity index (χ0) is 13.8. The highest BCUT2D eigenvalue weighted by Gasteiger charge is 2.18. The molecule has 2 rings (SSSR count). The Balaban J connectivity index is 2.52. The number of fused-ring (bicyclic) bond motifs is 1. The first-order valence-corrected chi connectivity index (χ1v) is 5.62. The molecule has 0 bridgehead atoms. The summed E-state index contributed by atoms with van der Waals surface area (Å²) in [5, 5.41) is 11.1. The highest BCUT2D eigenvalue weighted by molar-refractivity contribution is 5.82. The number of benzene rings is 1. The minimum atomic E-state index is -0.594. The minimum absolute atomic E-state index is 0.0871. The second kappa shape index (κ2) is 5.44. The van der Waals surface area contributed by atoms with Gasteiger partial charge in [0.2, 0.25) is 0 Å². The van der Waals surface area contributed by atoms with Crippen molar-refractivity contribution in [3.05, 3.63) is 38.9 Å². The quantitative estimate of drug-likeness (QED) is 0.462. The number of ether oxygens (including phenoxy) is 1. The molecule has 0 saturated carbocycles. The van der Waals surface area contributed by atoms with Crippen LogP contribution in [0.2, 0.25) is 0 Å². The third-order valence-electron chi connectivity index (χ3n) is 2.52. The van der Waals surface area contributed by atoms with Gasteiger partial charge in [-0.1, -0.05) is 0 Å². The summed E-state index contributed by atoms with van der Waals surface area (Å²) in [6, 6.07) is 2.55. The van der Waals surface area contributed by atoms with E-state index < -0.39 is 10.5 Å². The predicted molar refractivity (Wildman–Crippen MR) is 68.2 cm³/mol. The fourth-order valence-corrected chi connectivity index (χ4v) is 1.61. The molecule has 0 aliphatic heterocycles. The number of aromatic nitrogens is 2. The first kappa shape index (κ1) is 13.0. The van der Waals surface area contributed by atoms with Gasteiger partial charge in [-0.05, 0) is 13.0 Å². The number of rotatable bonds is 5. The second-order valence-electron chi connectivity index (χ2n) is 3.82. The molecule has 1 heterocycles. The molecule has 0 aliphatic rings. The molecule has 0 amide bonds. The van der Waals surface area contributed by atoms with Crippen molar-refractivity contribution in [3.63, 3.8) is 0 Å². The van der Waals surface area contributed by atoms with Gasteiger partial charge in [-0.2, -0.15) is 0 Å². The summed E-state index contributed by atoms with van der Waals surface area (Å²) >= 11 is 0. The van der Waals surface area contributed by atoms with Crippen molar-refractivity contribution in [2.45, 2.75) is 6.42 Å². The third-order valence-corrected chi connectivity index (χ3v) is 2.52. The monoisotopic (exact) mass is 264 g/mol. The molecule has 0 unspecified atom stereocenters. The number of nitrogens with two attached hydrogens (primary N) is 1. The summed E-state index contributed by atoms with van der Waals surface area (Å²) in [5.41, 5.74) is 4.98. The Morgan fingerprint density at radius 2 is 2.26 bits per heavy atom. The molecule has 1 aromatic heterocycles. The normalized spacial score (nSPS) is 10.6. The van der Waals surface area contributed by atoms with Crippen LogP contribution in [-0.4, -0.2) is 28.0 Å². The molecular weight excluding hydrogens is 252 g/mol. The molecule has 0 saturated heterocycles. The zero-order valence-corrected chi connectivity index (χ0v) is 9.96. The van der Waals surface area contributed by atoms with Crippen LogP contribution in [0.25, 0.3) is 10.9 Å². The Hall–Kier alpha value is -2.48. The van der Waals surface area contributed by atoms with Crippen LogP contribution in [-0.2, 0) is 0 Å². The van der Waals surface area contributed by atoms with Crippen molar-refractivity contribution in [3.8, 4) is 5.75 Å². The van der Waals surface area contributed by atoms with Gasteiger partial charge in [-0.25, -0.2) is 4.98 Å². The summed E-state index contributed by atoms with van der Waals surface area (Å²) in [6.07, 6.45) is 1.82. The van der Waals surface area contributed by atoms with Crippen LogP contribution in [0.4, 0.5) is 5.69 Å². The highest BCUT2D eigenvalue weighted by atomic mass is 16.6. The number of H-pyrrole nitrogens is 1. The van der Waals surface area contributed by atoms with Crippen molar-refractivity contribution in [1.29, 1.82) is 0 Å². The van der Waals surface area contributed by atoms with Crippen LogP contribution in [0.5, 0.6) is 5.75 Å². The Morgan fingerprint density at radius 1 is 1.47 bits per heavy atom. The number of nitro groups is 1. The van der Waals surface area contributed by atoms with Gasteiger partial charge in [-0.15, -0.1) is 0 Å². The van der Waals surface area contributed by atoms with Crippen LogP contribution in [0.1, 0.15) is 6.42 Å². The summed E-state index contributed by atoms with van der Waals surface area (Å²) in [4.78, 5) is 28.2. The maximum absolute atomic E-state index is 11.5. The van der Waals surface area contributed by atoms with E-state index in [1.807, 2.05) is 0 Å². The topological polar surface area (TPSA) is 124 Å². The highest BCUT2D eigenvalue weighted by Crippen LogP contribution is 2.30. The second-order valence-corrected chi connectivity index (χ2v) is 3.82. The minimum Gasteiger partial charge on any atom is -0.487 e. The van der Waals surface area contributed by atoms with Crippen molar-refractivity contribution in [2.24, 2.45) is 5.73 Å². The van der Waals surface area contributed by atoms with Gasteiger partial charge in [0, 0.05) is 12.1 Å². The SMILES string of the molecule is NCCCOc1cc2nc[nH]c(=O)c2cc1[N+](=O)[O-]. The molecule has 3 N–H and O–H groups in total. The van der Waals surface area contributed by atoms with Gasteiger partial charge in [0.15, 0.2) is 5.75 Å². The molecule has 0 radical (unpaired) electrons. The van der Waals surface area contributed by atoms with Crippen molar-refractivity contribution in [1.82, 2.24) is 9.97 Å². The lowest BCUT2D eigenvalue weighted by molar-refractivity contribution is -0.385. The van der Waals surface area contributed by atoms with Crippen LogP contribution in [0.3, 0.4) is 0 Å². The molecular formula is C11H12N4O4. The van der Waals surface area contributed by atoms with Gasteiger partial charge in [0.1, 0.15) is 0 Å². The Morgan fingerprint density at radius 3 is 2.95 bits per heavy atom. The van der Waals surface area contributed by atoms with Crippen LogP contribution >= 0.6 is 0 Å². The van der Waals surface area contributed by atoms with Crippen molar-refractivity contribution in [2.75, 3.05) is 13.2 Å². The van der Waals surface area contributed by atoms with E-state index in [9.17, 15) is 14.9 Å². The number of nitrogens with zero attached hydrogens (tertiary/aromatic N) is 2. The first-order valence-electron chi connectivity index (χ1n) is 5.62. The molecule has 8 heteroatoms. The van der Waals surface area contributed by atoms with Gasteiger partial charge < -0.3 is 15.5 Å². The molecule has 8 nitrogen and oxygen atoms in total. The molecule has 0 spiro atoms. The molecule has 1 aromatic carbocycles. The predicted octanol–water partition coefficient (Wildman–Crippen LogP) is 0.559. The molecule has 2 aromatic rings. The van der Waals surface area contributed by atoms with Gasteiger partial charge >= 0.3 is 5.69 Å². The van der Waals surface area contributed by atoms with Crippen molar-refractivity contribution < 1.29 is 9.66 Å². The van der Waals surface area contributed by atoms with E-state index in [2.05, 4.69) is 9.97 Å². The van der Waals surface area contributed by atoms with E-state index >= 15 is 0 Å². The molecule has 0 fully saturated rings. The standard InChI is InChI=1S/C11H12N4O4/c12-2-1-3-19-10-5-8-7(4-9(10)15(17)18)11(16)14-6-13-8/h4-6H,1-3,12H2,(H,13,14,16). The summed E-state index contributed by atoms with van der Waals surface area (Å²) < 4.78 is 5.31. The fourth-order valence-electron chi connectivity index (χ4n) is 1.61. The average molecular weight is 264 g/mol. The van der Waals surface area contributed by atoms with Gasteiger partial charge in [0.05, 0.1) is 28.8 Å². The molecule has 0 aliphatic carbocycles. The van der Waals surface area contributed by atoms with Crippen LogP contribution in [0, 0.1) is 10.1 Å². The lowest BCUT2D eigenvalue weighted by Crippen LogP contribution is -2.09. The summed E-state index contributed by atoms with van der Waals surface area (Å²) in [6.45, 7) is 0.700. The lowest BCUT2D eigenvalue weighted by Gasteiger charge is -2.06. The van der Waals surface area contributed by atoms with Gasteiger partial charge in [-0.3, -0.25) is 14.9 Å². The first-order chi connectivity index (χ1) is 9.13. The van der Waals surface area contributed by atoms with Gasteiger partial charge in [0.25, 0.3) is 5.56 Å². The van der Waals surface area contributed by atoms with E-state index in [1.54, 1.807) is 0 Å². The van der Waals surface area contributed by atoms with Crippen molar-refractivity contribution >= 4 is 16.6 Å². The van der Waals surface area contributed by atoms with E-state index in [1.165, 1.54) is 18.5 Å². The van der Waals surface area contributed by atoms with Crippen LogP contribution < -0.4 is 16.0 Å². The third kappa shape index (κ3) is 2.68. The van der Waals surface area contributed by atoms with E-state index in [-0.39, 0.29) is 23.4 Å². The Bertz CT molecular complexity index is 667. The van der Waals surface area contributed by atoms with Crippen LogP contribution in [0.15, 0.2) is 23.3 Å². The number of nitro benzene ring substituents is 1. The maximum atomic E-state index is 11.5. The van der Waals surface area contributed by atoms with E-state index in [0.29, 0.717) is 18.5 Å². The Labute approximate surface area is 107 Å². The maximum Gasteiger partial charge on any atom is 0.311 e. The lowest BCUT2D eigenvalue weighted by atomic mass is 10.2. The number of hydrogen-bond acceptors (Lipinski definition) is 6. The largest absolute Gasteiger partial charge is 0.487 e. The number of aromatic amines is 1. The summed E-state index contributed by atoms with van der Waals surface area (Å²) in [5.74, 6) is 0.0871. The number of hydrogen-bond donors (Lipinski definition) is 2. The Kier molecular flexibility index (Phi) is 3.71. The molecule has 0 atom stereocenters.